The number of carbonyl (C=O) groups is 1. The van der Waals surface area contributed by atoms with E-state index in [1.165, 1.54) is 48.5 Å². The van der Waals surface area contributed by atoms with E-state index in [0.717, 1.165) is 11.6 Å². The Morgan fingerprint density at radius 1 is 0.698 bits per heavy atom. The number of aromatic hydroxyl groups is 7. The Bertz CT molecular complexity index is 1910. The molecular weight excluding hydrogens is 552 g/mol. The maximum atomic E-state index is 14.3. The summed E-state index contributed by atoms with van der Waals surface area (Å²) in [6.45, 7) is 1.88. The number of rotatable bonds is 5. The summed E-state index contributed by atoms with van der Waals surface area (Å²) in [5.41, 5.74) is 2.44. The van der Waals surface area contributed by atoms with Gasteiger partial charge in [0.1, 0.15) is 51.6 Å². The van der Waals surface area contributed by atoms with Gasteiger partial charge in [0.25, 0.3) is 0 Å². The quantitative estimate of drug-likeness (QED) is 0.0876. The lowest BCUT2D eigenvalue weighted by molar-refractivity contribution is 0.0877. The van der Waals surface area contributed by atoms with Crippen LogP contribution in [0.25, 0.3) is 22.3 Å². The highest BCUT2D eigenvalue weighted by molar-refractivity contribution is 6.02. The molecule has 4 aromatic carbocycles. The number of benzene rings is 4. The summed E-state index contributed by atoms with van der Waals surface area (Å²) in [6, 6.07) is 16.8. The molecule has 0 unspecified atom stereocenters. The third-order valence-corrected chi connectivity index (χ3v) is 8.00. The summed E-state index contributed by atoms with van der Waals surface area (Å²) in [6.07, 6.45) is 2.26. The van der Waals surface area contributed by atoms with E-state index in [1.807, 2.05) is 13.0 Å². The van der Waals surface area contributed by atoms with Crippen LogP contribution in [0.15, 0.2) is 88.9 Å². The molecule has 0 fully saturated rings. The molecule has 7 N–H and O–H groups in total. The molecule has 43 heavy (non-hydrogen) atoms. The van der Waals surface area contributed by atoms with Crippen LogP contribution >= 0.6 is 0 Å². The Morgan fingerprint density at radius 2 is 1.35 bits per heavy atom. The molecule has 9 heteroatoms. The number of fused-ring (bicyclic) bond motifs is 1. The van der Waals surface area contributed by atoms with Gasteiger partial charge in [-0.15, -0.1) is 0 Å². The minimum atomic E-state index is -0.924. The number of Topliss-reactive ketones (excluding diaryl/α,β-unsaturated/α-hetero) is 1. The fraction of sp³-hybridized carbons (Fsp3) is 0.147. The van der Waals surface area contributed by atoms with Gasteiger partial charge in [0.15, 0.2) is 5.78 Å². The predicted octanol–water partition coefficient (Wildman–Crippen LogP) is 6.76. The smallest absolute Gasteiger partial charge is 0.171 e. The van der Waals surface area contributed by atoms with E-state index in [0.29, 0.717) is 39.8 Å². The second-order valence-electron chi connectivity index (χ2n) is 11.0. The third-order valence-electron chi connectivity index (χ3n) is 8.00. The van der Waals surface area contributed by atoms with Crippen LogP contribution in [0.1, 0.15) is 46.7 Å². The minimum absolute atomic E-state index is 0.0288. The standard InChI is InChI=1S/C34H28O9/c1-16-6-26(23-4-2-19(35)13-28(23)39)33(34(42)24-5-3-20(36)14-29(24)40)27(7-16)25-10-18-11-31(43-32(18)15-30(25)41)17-8-21(37)12-22(38)9-17/h2-5,7-15,26-27,33,35-41H,6H2,1H3/t26-,27+,33-/m0/s1. The van der Waals surface area contributed by atoms with Crippen molar-refractivity contribution >= 4 is 16.8 Å². The molecule has 218 valence electrons. The molecule has 0 saturated heterocycles. The van der Waals surface area contributed by atoms with Crippen molar-refractivity contribution in [1.29, 1.82) is 0 Å². The van der Waals surface area contributed by atoms with Gasteiger partial charge in [-0.05, 0) is 61.4 Å². The first kappa shape index (κ1) is 27.6. The molecule has 0 bridgehead atoms. The highest BCUT2D eigenvalue weighted by Gasteiger charge is 2.42. The number of furan rings is 1. The predicted molar refractivity (Wildman–Crippen MR) is 158 cm³/mol. The Labute approximate surface area is 245 Å². The number of phenolic OH excluding ortho intramolecular Hbond substituents is 7. The molecule has 9 nitrogen and oxygen atoms in total. The fourth-order valence-electron chi connectivity index (χ4n) is 6.13. The number of phenols is 7. The van der Waals surface area contributed by atoms with Gasteiger partial charge in [0, 0.05) is 58.5 Å². The summed E-state index contributed by atoms with van der Waals surface area (Å²) >= 11 is 0. The van der Waals surface area contributed by atoms with Gasteiger partial charge in [-0.3, -0.25) is 4.79 Å². The molecule has 0 amide bonds. The lowest BCUT2D eigenvalue weighted by Gasteiger charge is -2.37. The molecule has 5 aromatic rings. The molecule has 0 spiro atoms. The number of hydrogen-bond donors (Lipinski definition) is 7. The van der Waals surface area contributed by atoms with E-state index in [9.17, 15) is 40.5 Å². The second-order valence-corrected chi connectivity index (χ2v) is 11.0. The van der Waals surface area contributed by atoms with Crippen molar-refractivity contribution in [2.45, 2.75) is 25.2 Å². The van der Waals surface area contributed by atoms with Crippen LogP contribution in [-0.4, -0.2) is 41.5 Å². The first-order valence-electron chi connectivity index (χ1n) is 13.5. The molecule has 1 aromatic heterocycles. The first-order chi connectivity index (χ1) is 20.5. The van der Waals surface area contributed by atoms with Crippen molar-refractivity contribution < 1.29 is 45.0 Å². The molecule has 0 aliphatic heterocycles. The van der Waals surface area contributed by atoms with Crippen LogP contribution < -0.4 is 0 Å². The van der Waals surface area contributed by atoms with Crippen LogP contribution in [-0.2, 0) is 0 Å². The van der Waals surface area contributed by atoms with E-state index in [-0.39, 0.29) is 40.1 Å². The van der Waals surface area contributed by atoms with E-state index < -0.39 is 29.3 Å². The van der Waals surface area contributed by atoms with Crippen molar-refractivity contribution in [1.82, 2.24) is 0 Å². The molecular formula is C34H28O9. The molecule has 0 radical (unpaired) electrons. The van der Waals surface area contributed by atoms with Crippen LogP contribution in [0, 0.1) is 5.92 Å². The number of hydrogen-bond acceptors (Lipinski definition) is 9. The van der Waals surface area contributed by atoms with E-state index in [4.69, 9.17) is 4.42 Å². The van der Waals surface area contributed by atoms with E-state index >= 15 is 0 Å². The van der Waals surface area contributed by atoms with E-state index in [2.05, 4.69) is 0 Å². The van der Waals surface area contributed by atoms with Gasteiger partial charge in [-0.2, -0.15) is 0 Å². The summed E-state index contributed by atoms with van der Waals surface area (Å²) in [5, 5.41) is 72.9. The highest BCUT2D eigenvalue weighted by Crippen LogP contribution is 2.51. The zero-order chi connectivity index (χ0) is 30.6. The summed E-state index contributed by atoms with van der Waals surface area (Å²) < 4.78 is 5.92. The van der Waals surface area contributed by atoms with Gasteiger partial charge >= 0.3 is 0 Å². The van der Waals surface area contributed by atoms with Crippen LogP contribution in [0.5, 0.6) is 40.2 Å². The maximum absolute atomic E-state index is 14.3. The first-order valence-corrected chi connectivity index (χ1v) is 13.5. The van der Waals surface area contributed by atoms with Crippen LogP contribution in [0.2, 0.25) is 0 Å². The van der Waals surface area contributed by atoms with Gasteiger partial charge in [0.05, 0.1) is 5.56 Å². The highest BCUT2D eigenvalue weighted by atomic mass is 16.3. The van der Waals surface area contributed by atoms with Gasteiger partial charge in [-0.1, -0.05) is 17.7 Å². The summed E-state index contributed by atoms with van der Waals surface area (Å²) in [4.78, 5) is 14.3. The Balaban J connectivity index is 1.52. The maximum Gasteiger partial charge on any atom is 0.171 e. The van der Waals surface area contributed by atoms with E-state index in [1.54, 1.807) is 18.2 Å². The normalized spacial score (nSPS) is 18.4. The average molecular weight is 581 g/mol. The third kappa shape index (κ3) is 5.05. The second kappa shape index (κ2) is 10.4. The average Bonchev–Trinajstić information content (AvgIpc) is 3.34. The minimum Gasteiger partial charge on any atom is -0.508 e. The summed E-state index contributed by atoms with van der Waals surface area (Å²) in [5.74, 6) is -3.78. The number of allylic oxidation sites excluding steroid dienone is 2. The Kier molecular flexibility index (Phi) is 6.65. The van der Waals surface area contributed by atoms with Gasteiger partial charge < -0.3 is 40.2 Å². The van der Waals surface area contributed by atoms with Crippen LogP contribution in [0.3, 0.4) is 0 Å². The topological polar surface area (TPSA) is 172 Å². The molecule has 1 heterocycles. The van der Waals surface area contributed by atoms with Gasteiger partial charge in [-0.25, -0.2) is 0 Å². The SMILES string of the molecule is CC1=C[C@H](c2cc3cc(-c4cc(O)cc(O)c4)oc3cc2O)[C@@H](C(=O)c2ccc(O)cc2O)[C@H](c2ccc(O)cc2O)C1. The van der Waals surface area contributed by atoms with Gasteiger partial charge in [0.2, 0.25) is 0 Å². The molecule has 0 saturated carbocycles. The van der Waals surface area contributed by atoms with Crippen molar-refractivity contribution in [2.75, 3.05) is 0 Å². The zero-order valence-electron chi connectivity index (χ0n) is 22.9. The number of carbonyl (C=O) groups excluding carboxylic acids is 1. The molecule has 6 rings (SSSR count). The largest absolute Gasteiger partial charge is 0.508 e. The fourth-order valence-corrected chi connectivity index (χ4v) is 6.13. The number of ketones is 1. The lowest BCUT2D eigenvalue weighted by atomic mass is 9.65. The van der Waals surface area contributed by atoms with Crippen molar-refractivity contribution in [3.05, 3.63) is 101 Å². The molecule has 1 aliphatic rings. The van der Waals surface area contributed by atoms with Crippen LogP contribution in [0.4, 0.5) is 0 Å². The van der Waals surface area contributed by atoms with Crippen molar-refractivity contribution in [2.24, 2.45) is 5.92 Å². The zero-order valence-corrected chi connectivity index (χ0v) is 22.9. The van der Waals surface area contributed by atoms with Crippen molar-refractivity contribution in [3.63, 3.8) is 0 Å². The molecule has 1 aliphatic carbocycles. The monoisotopic (exact) mass is 580 g/mol. The van der Waals surface area contributed by atoms with Crippen molar-refractivity contribution in [3.8, 4) is 51.6 Å². The molecule has 3 atom stereocenters. The lowest BCUT2D eigenvalue weighted by Crippen LogP contribution is -2.31. The summed E-state index contributed by atoms with van der Waals surface area (Å²) in [7, 11) is 0. The Hall–Kier alpha value is -5.57. The Morgan fingerprint density at radius 3 is 2.02 bits per heavy atom.